The molecule has 0 saturated heterocycles. The highest BCUT2D eigenvalue weighted by atomic mass is 19.1. The van der Waals surface area contributed by atoms with E-state index in [1.165, 1.54) is 12.1 Å². The molecular weight excluding hydrogens is 335 g/mol. The maximum Gasteiger partial charge on any atom is 0.292 e. The van der Waals surface area contributed by atoms with Crippen LogP contribution in [0.25, 0.3) is 5.69 Å². The number of carbonyl (C=O) groups is 1. The fraction of sp³-hybridized carbons (Fsp3) is 0.316. The van der Waals surface area contributed by atoms with E-state index in [0.717, 1.165) is 35.6 Å². The Labute approximate surface area is 149 Å². The van der Waals surface area contributed by atoms with E-state index in [4.69, 9.17) is 4.52 Å². The van der Waals surface area contributed by atoms with Crippen LogP contribution in [0.4, 0.5) is 4.39 Å². The molecule has 7 heteroatoms. The first-order valence-electron chi connectivity index (χ1n) is 8.76. The third-order valence-electron chi connectivity index (χ3n) is 5.04. The zero-order valence-electron chi connectivity index (χ0n) is 14.1. The third-order valence-corrected chi connectivity index (χ3v) is 5.04. The first-order chi connectivity index (χ1) is 12.7. The van der Waals surface area contributed by atoms with Crippen molar-refractivity contribution < 1.29 is 13.7 Å². The number of hydrogen-bond donors (Lipinski definition) is 0. The summed E-state index contributed by atoms with van der Waals surface area (Å²) in [6, 6.07) is 8.08. The standard InChI is InChI=1S/C19H17FN4O2/c20-13-3-5-14(6-4-13)24-11-21-16-10-23(8-7-17(16)24)19(25)18-9-15(22-26-18)12-1-2-12/h3-6,9,11-12H,1-2,7-8,10H2. The second kappa shape index (κ2) is 5.79. The summed E-state index contributed by atoms with van der Waals surface area (Å²) < 4.78 is 20.3. The van der Waals surface area contributed by atoms with E-state index >= 15 is 0 Å². The van der Waals surface area contributed by atoms with Crippen LogP contribution in [-0.2, 0) is 13.0 Å². The number of halogens is 1. The van der Waals surface area contributed by atoms with E-state index in [1.807, 2.05) is 4.57 Å². The predicted octanol–water partition coefficient (Wildman–Crippen LogP) is 3.08. The Morgan fingerprint density at radius 3 is 2.81 bits per heavy atom. The Bertz CT molecular complexity index is 972. The molecule has 0 atom stereocenters. The summed E-state index contributed by atoms with van der Waals surface area (Å²) in [6.07, 6.45) is 4.65. The van der Waals surface area contributed by atoms with Crippen LogP contribution < -0.4 is 0 Å². The number of imidazole rings is 1. The van der Waals surface area contributed by atoms with Gasteiger partial charge in [0.1, 0.15) is 5.82 Å². The number of amides is 1. The lowest BCUT2D eigenvalue weighted by Gasteiger charge is -2.26. The van der Waals surface area contributed by atoms with Gasteiger partial charge in [0.15, 0.2) is 0 Å². The molecule has 132 valence electrons. The number of benzene rings is 1. The van der Waals surface area contributed by atoms with E-state index < -0.39 is 0 Å². The Hall–Kier alpha value is -2.96. The first-order valence-corrected chi connectivity index (χ1v) is 8.76. The Morgan fingerprint density at radius 2 is 2.04 bits per heavy atom. The third kappa shape index (κ3) is 2.60. The molecule has 0 bridgehead atoms. The number of nitrogens with zero attached hydrogens (tertiary/aromatic N) is 4. The highest BCUT2D eigenvalue weighted by molar-refractivity contribution is 5.91. The number of rotatable bonds is 3. The minimum atomic E-state index is -0.267. The molecule has 3 aromatic rings. The molecule has 2 aliphatic rings. The van der Waals surface area contributed by atoms with Crippen molar-refractivity contribution in [1.82, 2.24) is 19.6 Å². The molecule has 2 aromatic heterocycles. The van der Waals surface area contributed by atoms with Gasteiger partial charge in [-0.15, -0.1) is 0 Å². The van der Waals surface area contributed by atoms with Gasteiger partial charge < -0.3 is 14.0 Å². The van der Waals surface area contributed by atoms with Crippen molar-refractivity contribution in [2.75, 3.05) is 6.54 Å². The summed E-state index contributed by atoms with van der Waals surface area (Å²) in [5, 5.41) is 4.02. The number of carbonyl (C=O) groups excluding carboxylic acids is 1. The van der Waals surface area contributed by atoms with Crippen molar-refractivity contribution in [3.05, 3.63) is 65.3 Å². The van der Waals surface area contributed by atoms with Gasteiger partial charge in [-0.05, 0) is 37.1 Å². The monoisotopic (exact) mass is 352 g/mol. The zero-order chi connectivity index (χ0) is 17.7. The lowest BCUT2D eigenvalue weighted by atomic mass is 10.1. The first kappa shape index (κ1) is 15.3. The van der Waals surface area contributed by atoms with Crippen molar-refractivity contribution in [2.45, 2.75) is 31.7 Å². The van der Waals surface area contributed by atoms with Crippen LogP contribution in [0, 0.1) is 5.82 Å². The summed E-state index contributed by atoms with van der Waals surface area (Å²) in [5.41, 5.74) is 3.66. The number of aromatic nitrogens is 3. The minimum Gasteiger partial charge on any atom is -0.351 e. The van der Waals surface area contributed by atoms with Gasteiger partial charge in [-0.1, -0.05) is 5.16 Å². The van der Waals surface area contributed by atoms with Crippen molar-refractivity contribution in [3.8, 4) is 5.69 Å². The summed E-state index contributed by atoms with van der Waals surface area (Å²) in [5.74, 6) is 0.344. The molecule has 6 nitrogen and oxygen atoms in total. The lowest BCUT2D eigenvalue weighted by Crippen LogP contribution is -2.36. The van der Waals surface area contributed by atoms with Gasteiger partial charge in [0.05, 0.1) is 24.3 Å². The van der Waals surface area contributed by atoms with E-state index in [-0.39, 0.29) is 11.7 Å². The molecule has 1 saturated carbocycles. The Balaban J connectivity index is 1.36. The lowest BCUT2D eigenvalue weighted by molar-refractivity contribution is 0.0689. The Morgan fingerprint density at radius 1 is 1.23 bits per heavy atom. The van der Waals surface area contributed by atoms with Crippen LogP contribution in [0.5, 0.6) is 0 Å². The van der Waals surface area contributed by atoms with E-state index in [1.54, 1.807) is 29.4 Å². The highest BCUT2D eigenvalue weighted by Gasteiger charge is 2.31. The van der Waals surface area contributed by atoms with Gasteiger partial charge in [0, 0.05) is 36.3 Å². The van der Waals surface area contributed by atoms with Crippen LogP contribution in [0.2, 0.25) is 0 Å². The van der Waals surface area contributed by atoms with Gasteiger partial charge in [-0.25, -0.2) is 9.37 Å². The molecule has 1 aromatic carbocycles. The van der Waals surface area contributed by atoms with Crippen LogP contribution >= 0.6 is 0 Å². The van der Waals surface area contributed by atoms with Gasteiger partial charge in [0.25, 0.3) is 5.91 Å². The summed E-state index contributed by atoms with van der Waals surface area (Å²) >= 11 is 0. The summed E-state index contributed by atoms with van der Waals surface area (Å²) in [6.45, 7) is 1.01. The largest absolute Gasteiger partial charge is 0.351 e. The van der Waals surface area contributed by atoms with Gasteiger partial charge in [0.2, 0.25) is 5.76 Å². The SMILES string of the molecule is O=C(c1cc(C2CC2)no1)N1CCc2c(ncn2-c2ccc(F)cc2)C1. The predicted molar refractivity (Wildman–Crippen MR) is 90.4 cm³/mol. The molecule has 0 unspecified atom stereocenters. The van der Waals surface area contributed by atoms with Gasteiger partial charge in [-0.2, -0.15) is 0 Å². The quantitative estimate of drug-likeness (QED) is 0.727. The normalized spacial score (nSPS) is 16.6. The molecule has 26 heavy (non-hydrogen) atoms. The molecule has 3 heterocycles. The molecule has 1 aliphatic carbocycles. The van der Waals surface area contributed by atoms with E-state index in [2.05, 4.69) is 10.1 Å². The average molecular weight is 352 g/mol. The van der Waals surface area contributed by atoms with Crippen LogP contribution in [0.3, 0.4) is 0 Å². The van der Waals surface area contributed by atoms with Crippen LogP contribution in [-0.4, -0.2) is 32.1 Å². The molecule has 0 spiro atoms. The highest BCUT2D eigenvalue weighted by Crippen LogP contribution is 2.39. The number of hydrogen-bond acceptors (Lipinski definition) is 4. The summed E-state index contributed by atoms with van der Waals surface area (Å²) in [4.78, 5) is 18.9. The van der Waals surface area contributed by atoms with Gasteiger partial charge >= 0.3 is 0 Å². The topological polar surface area (TPSA) is 64.2 Å². The summed E-state index contributed by atoms with van der Waals surface area (Å²) in [7, 11) is 0. The zero-order valence-corrected chi connectivity index (χ0v) is 14.1. The van der Waals surface area contributed by atoms with Crippen LogP contribution in [0.15, 0.2) is 41.2 Å². The van der Waals surface area contributed by atoms with Crippen molar-refractivity contribution in [3.63, 3.8) is 0 Å². The second-order valence-electron chi connectivity index (χ2n) is 6.85. The maximum absolute atomic E-state index is 13.1. The molecule has 1 aliphatic heterocycles. The van der Waals surface area contributed by atoms with Gasteiger partial charge in [-0.3, -0.25) is 4.79 Å². The smallest absolute Gasteiger partial charge is 0.292 e. The molecule has 1 amide bonds. The van der Waals surface area contributed by atoms with Crippen molar-refractivity contribution in [1.29, 1.82) is 0 Å². The van der Waals surface area contributed by atoms with Crippen molar-refractivity contribution in [2.24, 2.45) is 0 Å². The molecular formula is C19H17FN4O2. The molecule has 0 N–H and O–H groups in total. The fourth-order valence-corrected chi connectivity index (χ4v) is 3.42. The fourth-order valence-electron chi connectivity index (χ4n) is 3.42. The maximum atomic E-state index is 13.1. The number of fused-ring (bicyclic) bond motifs is 1. The van der Waals surface area contributed by atoms with E-state index in [9.17, 15) is 9.18 Å². The Kier molecular flexibility index (Phi) is 3.41. The minimum absolute atomic E-state index is 0.147. The average Bonchev–Trinajstić information content (AvgIpc) is 3.24. The van der Waals surface area contributed by atoms with Crippen LogP contribution in [0.1, 0.15) is 46.4 Å². The van der Waals surface area contributed by atoms with E-state index in [0.29, 0.717) is 31.2 Å². The molecule has 1 fully saturated rings. The van der Waals surface area contributed by atoms with Crippen molar-refractivity contribution >= 4 is 5.91 Å². The second-order valence-corrected chi connectivity index (χ2v) is 6.85. The molecule has 0 radical (unpaired) electrons. The molecule has 5 rings (SSSR count).